The fraction of sp³-hybridized carbons (Fsp3) is 0.667. The number of nitrogens with two attached hydrogens (primary N) is 1. The normalized spacial score (nSPS) is 12.2. The zero-order valence-electron chi connectivity index (χ0n) is 13.3. The Labute approximate surface area is 122 Å². The first-order valence-electron chi connectivity index (χ1n) is 7.38. The van der Waals surface area contributed by atoms with Crippen molar-refractivity contribution in [1.29, 1.82) is 5.41 Å². The maximum Gasteiger partial charge on any atom is 0.162 e. The highest BCUT2D eigenvalue weighted by molar-refractivity contribution is 6.01. The molecule has 1 rings (SSSR count). The zero-order valence-corrected chi connectivity index (χ0v) is 13.3. The number of hydrogen-bond acceptors (Lipinski definition) is 4. The number of anilines is 1. The zero-order chi connectivity index (χ0) is 15.3. The molecule has 1 aromatic rings. The van der Waals surface area contributed by atoms with E-state index in [-0.39, 0.29) is 5.84 Å². The Morgan fingerprint density at radius 1 is 1.30 bits per heavy atom. The number of nitrogens with zero attached hydrogens (tertiary/aromatic N) is 3. The van der Waals surface area contributed by atoms with Gasteiger partial charge in [-0.1, -0.05) is 20.3 Å². The van der Waals surface area contributed by atoms with Crippen molar-refractivity contribution in [1.82, 2.24) is 10.2 Å². The van der Waals surface area contributed by atoms with Gasteiger partial charge in [-0.15, -0.1) is 5.10 Å². The third-order valence-corrected chi connectivity index (χ3v) is 3.85. The number of hydrogen-bond donors (Lipinski definition) is 2. The molecule has 0 bridgehead atoms. The Kier molecular flexibility index (Phi) is 5.92. The lowest BCUT2D eigenvalue weighted by atomic mass is 10.1. The molecule has 5 nitrogen and oxygen atoms in total. The Morgan fingerprint density at radius 3 is 2.45 bits per heavy atom. The first-order valence-corrected chi connectivity index (χ1v) is 7.38. The minimum atomic E-state index is 0.0697. The largest absolute Gasteiger partial charge is 0.384 e. The summed E-state index contributed by atoms with van der Waals surface area (Å²) < 4.78 is 0. The van der Waals surface area contributed by atoms with E-state index < -0.39 is 0 Å². The van der Waals surface area contributed by atoms with Crippen LogP contribution in [0.2, 0.25) is 0 Å². The molecule has 0 amide bonds. The molecule has 0 saturated heterocycles. The number of rotatable bonds is 7. The van der Waals surface area contributed by atoms with Crippen molar-refractivity contribution in [3.05, 3.63) is 16.8 Å². The van der Waals surface area contributed by atoms with Crippen molar-refractivity contribution in [2.45, 2.75) is 59.9 Å². The van der Waals surface area contributed by atoms with Crippen molar-refractivity contribution in [2.24, 2.45) is 5.73 Å². The van der Waals surface area contributed by atoms with Crippen LogP contribution in [0, 0.1) is 19.3 Å². The Bertz CT molecular complexity index is 470. The van der Waals surface area contributed by atoms with Gasteiger partial charge in [0.15, 0.2) is 5.82 Å². The molecule has 0 aliphatic heterocycles. The predicted octanol–water partition coefficient (Wildman–Crippen LogP) is 2.78. The van der Waals surface area contributed by atoms with Crippen molar-refractivity contribution in [3.63, 3.8) is 0 Å². The quantitative estimate of drug-likeness (QED) is 0.593. The second-order valence-electron chi connectivity index (χ2n) is 5.33. The van der Waals surface area contributed by atoms with E-state index in [0.717, 1.165) is 48.4 Å². The summed E-state index contributed by atoms with van der Waals surface area (Å²) in [5, 5.41) is 16.4. The van der Waals surface area contributed by atoms with Crippen LogP contribution in [0.25, 0.3) is 0 Å². The molecule has 0 radical (unpaired) electrons. The first-order chi connectivity index (χ1) is 9.43. The van der Waals surface area contributed by atoms with Crippen LogP contribution >= 0.6 is 0 Å². The van der Waals surface area contributed by atoms with Gasteiger partial charge in [0.2, 0.25) is 0 Å². The second-order valence-corrected chi connectivity index (χ2v) is 5.33. The number of aromatic nitrogens is 2. The van der Waals surface area contributed by atoms with Gasteiger partial charge < -0.3 is 10.6 Å². The van der Waals surface area contributed by atoms with E-state index in [0.29, 0.717) is 6.04 Å². The highest BCUT2D eigenvalue weighted by Crippen LogP contribution is 2.24. The topological polar surface area (TPSA) is 78.9 Å². The van der Waals surface area contributed by atoms with Gasteiger partial charge in [-0.05, 0) is 39.2 Å². The van der Waals surface area contributed by atoms with Gasteiger partial charge in [0.1, 0.15) is 5.84 Å². The maximum absolute atomic E-state index is 7.87. The Balaban J connectivity index is 3.31. The smallest absolute Gasteiger partial charge is 0.162 e. The van der Waals surface area contributed by atoms with E-state index in [1.54, 1.807) is 0 Å². The fourth-order valence-corrected chi connectivity index (χ4v) is 2.20. The SMILES string of the molecule is CCCCN(c1nnc(C)c(C)c1C(=N)N)C(C)CC. The van der Waals surface area contributed by atoms with Crippen molar-refractivity contribution in [2.75, 3.05) is 11.4 Å². The summed E-state index contributed by atoms with van der Waals surface area (Å²) in [5.74, 6) is 0.823. The van der Waals surface area contributed by atoms with Crippen LogP contribution in [0.1, 0.15) is 56.9 Å². The summed E-state index contributed by atoms with van der Waals surface area (Å²) in [6.45, 7) is 11.3. The van der Waals surface area contributed by atoms with Gasteiger partial charge in [-0.2, -0.15) is 5.10 Å². The number of nitrogen functional groups attached to an aromatic ring is 1. The molecule has 0 saturated carbocycles. The van der Waals surface area contributed by atoms with Crippen LogP contribution in [0.5, 0.6) is 0 Å². The predicted molar refractivity (Wildman–Crippen MR) is 84.5 cm³/mol. The van der Waals surface area contributed by atoms with E-state index in [9.17, 15) is 0 Å². The van der Waals surface area contributed by atoms with Crippen LogP contribution in [0.4, 0.5) is 5.82 Å². The molecule has 3 N–H and O–H groups in total. The molecule has 1 unspecified atom stereocenters. The monoisotopic (exact) mass is 277 g/mol. The first kappa shape index (κ1) is 16.4. The van der Waals surface area contributed by atoms with Crippen LogP contribution in [-0.4, -0.2) is 28.6 Å². The van der Waals surface area contributed by atoms with Gasteiger partial charge in [0, 0.05) is 12.6 Å². The highest BCUT2D eigenvalue weighted by Gasteiger charge is 2.22. The molecule has 1 atom stereocenters. The summed E-state index contributed by atoms with van der Waals surface area (Å²) in [5.41, 5.74) is 8.29. The summed E-state index contributed by atoms with van der Waals surface area (Å²) in [7, 11) is 0. The van der Waals surface area contributed by atoms with E-state index >= 15 is 0 Å². The summed E-state index contributed by atoms with van der Waals surface area (Å²) >= 11 is 0. The van der Waals surface area contributed by atoms with Crippen LogP contribution in [0.15, 0.2) is 0 Å². The molecule has 0 aliphatic carbocycles. The van der Waals surface area contributed by atoms with Gasteiger partial charge in [0.25, 0.3) is 0 Å². The standard InChI is InChI=1S/C15H27N5/c1-6-8-9-20(10(3)7-2)15-13(14(16)17)11(4)12(5)18-19-15/h10H,6-9H2,1-5H3,(H3,16,17). The molecule has 0 spiro atoms. The van der Waals surface area contributed by atoms with Gasteiger partial charge in [0.05, 0.1) is 11.3 Å². The molecule has 0 aromatic carbocycles. The highest BCUT2D eigenvalue weighted by atomic mass is 15.3. The molecule has 20 heavy (non-hydrogen) atoms. The third kappa shape index (κ3) is 3.46. The summed E-state index contributed by atoms with van der Waals surface area (Å²) in [6, 6.07) is 0.357. The molecule has 112 valence electrons. The van der Waals surface area contributed by atoms with E-state index in [1.807, 2.05) is 13.8 Å². The second kappa shape index (κ2) is 7.22. The number of nitrogens with one attached hydrogen (secondary N) is 1. The van der Waals surface area contributed by atoms with Crippen LogP contribution in [0.3, 0.4) is 0 Å². The number of amidine groups is 1. The summed E-state index contributed by atoms with van der Waals surface area (Å²) in [6.07, 6.45) is 3.24. The van der Waals surface area contributed by atoms with Crippen LogP contribution < -0.4 is 10.6 Å². The molecule has 0 fully saturated rings. The Hall–Kier alpha value is -1.65. The molecule has 1 aromatic heterocycles. The minimum absolute atomic E-state index is 0.0697. The lowest BCUT2D eigenvalue weighted by Crippen LogP contribution is -2.36. The molecule has 5 heteroatoms. The number of unbranched alkanes of at least 4 members (excludes halogenated alkanes) is 1. The van der Waals surface area contributed by atoms with Crippen molar-refractivity contribution in [3.8, 4) is 0 Å². The molecule has 1 heterocycles. The van der Waals surface area contributed by atoms with Gasteiger partial charge in [-0.25, -0.2) is 0 Å². The molecular formula is C15H27N5. The minimum Gasteiger partial charge on any atom is -0.384 e. The summed E-state index contributed by atoms with van der Waals surface area (Å²) in [4.78, 5) is 2.24. The van der Waals surface area contributed by atoms with Crippen molar-refractivity contribution < 1.29 is 0 Å². The van der Waals surface area contributed by atoms with Gasteiger partial charge in [-0.3, -0.25) is 5.41 Å². The average molecular weight is 277 g/mol. The lowest BCUT2D eigenvalue weighted by molar-refractivity contribution is 0.585. The Morgan fingerprint density at radius 2 is 1.95 bits per heavy atom. The van der Waals surface area contributed by atoms with Crippen molar-refractivity contribution >= 4 is 11.7 Å². The lowest BCUT2D eigenvalue weighted by Gasteiger charge is -2.31. The van der Waals surface area contributed by atoms with E-state index in [4.69, 9.17) is 11.1 Å². The third-order valence-electron chi connectivity index (χ3n) is 3.85. The fourth-order valence-electron chi connectivity index (χ4n) is 2.20. The van der Waals surface area contributed by atoms with E-state index in [1.165, 1.54) is 0 Å². The van der Waals surface area contributed by atoms with Gasteiger partial charge >= 0.3 is 0 Å². The van der Waals surface area contributed by atoms with Crippen LogP contribution in [-0.2, 0) is 0 Å². The maximum atomic E-state index is 7.87. The average Bonchev–Trinajstić information content (AvgIpc) is 2.42. The molecular weight excluding hydrogens is 250 g/mol. The number of aryl methyl sites for hydroxylation is 1. The molecule has 0 aliphatic rings. The van der Waals surface area contributed by atoms with E-state index in [2.05, 4.69) is 35.9 Å².